The van der Waals surface area contributed by atoms with Gasteiger partial charge in [0.05, 0.1) is 11.8 Å². The van der Waals surface area contributed by atoms with Crippen molar-refractivity contribution in [1.29, 1.82) is 0 Å². The summed E-state index contributed by atoms with van der Waals surface area (Å²) < 4.78 is 37.1. The molecule has 0 radical (unpaired) electrons. The Hall–Kier alpha value is -1.52. The van der Waals surface area contributed by atoms with Crippen molar-refractivity contribution in [3.8, 4) is 0 Å². The fourth-order valence-corrected chi connectivity index (χ4v) is 2.11. The van der Waals surface area contributed by atoms with Crippen molar-refractivity contribution >= 4 is 6.21 Å². The summed E-state index contributed by atoms with van der Waals surface area (Å²) in [6, 6.07) is 4.86. The lowest BCUT2D eigenvalue weighted by Gasteiger charge is -2.18. The van der Waals surface area contributed by atoms with E-state index in [-0.39, 0.29) is 6.10 Å². The summed E-state index contributed by atoms with van der Waals surface area (Å²) in [7, 11) is 0. The van der Waals surface area contributed by atoms with Crippen LogP contribution in [-0.2, 0) is 11.0 Å². The first-order chi connectivity index (χ1) is 9.05. The predicted molar refractivity (Wildman–Crippen MR) is 67.0 cm³/mol. The van der Waals surface area contributed by atoms with Crippen LogP contribution < -0.4 is 0 Å². The molecule has 0 N–H and O–H groups in total. The topological polar surface area (TPSA) is 21.6 Å². The van der Waals surface area contributed by atoms with Crippen molar-refractivity contribution in [2.24, 2.45) is 5.16 Å². The number of halogens is 3. The van der Waals surface area contributed by atoms with Gasteiger partial charge in [0, 0.05) is 0 Å². The van der Waals surface area contributed by atoms with Crippen LogP contribution in [0.5, 0.6) is 0 Å². The van der Waals surface area contributed by atoms with Gasteiger partial charge in [-0.25, -0.2) is 0 Å². The van der Waals surface area contributed by atoms with Gasteiger partial charge in [-0.3, -0.25) is 0 Å². The number of oxime groups is 1. The average molecular weight is 271 g/mol. The first-order valence-corrected chi connectivity index (χ1v) is 6.42. The summed E-state index contributed by atoms with van der Waals surface area (Å²) in [6.45, 7) is 0. The van der Waals surface area contributed by atoms with Gasteiger partial charge in [0.15, 0.2) is 0 Å². The minimum atomic E-state index is -4.30. The van der Waals surface area contributed by atoms with E-state index < -0.39 is 11.7 Å². The molecular weight excluding hydrogens is 255 g/mol. The van der Waals surface area contributed by atoms with E-state index in [2.05, 4.69) is 5.16 Å². The lowest BCUT2D eigenvalue weighted by atomic mass is 9.98. The summed E-state index contributed by atoms with van der Waals surface area (Å²) in [5.74, 6) is 0. The molecule has 0 amide bonds. The molecule has 1 aliphatic rings. The number of nitrogens with zero attached hydrogens (tertiary/aromatic N) is 1. The first-order valence-electron chi connectivity index (χ1n) is 6.42. The molecule has 1 aliphatic carbocycles. The van der Waals surface area contributed by atoms with Gasteiger partial charge in [-0.1, -0.05) is 23.7 Å². The quantitative estimate of drug-likeness (QED) is 0.590. The van der Waals surface area contributed by atoms with Crippen LogP contribution in [0.1, 0.15) is 43.2 Å². The predicted octanol–water partition coefficient (Wildman–Crippen LogP) is 4.39. The highest BCUT2D eigenvalue weighted by molar-refractivity contribution is 5.79. The molecule has 0 spiro atoms. The van der Waals surface area contributed by atoms with Gasteiger partial charge in [-0.2, -0.15) is 13.2 Å². The Morgan fingerprint density at radius 3 is 2.26 bits per heavy atom. The standard InChI is InChI=1S/C14H16F3NO/c15-14(16,17)12-8-6-11(7-9-12)10-18-19-13-4-2-1-3-5-13/h6-10,13H,1-5H2. The van der Waals surface area contributed by atoms with E-state index in [1.54, 1.807) is 0 Å². The van der Waals surface area contributed by atoms with Gasteiger partial charge in [0.1, 0.15) is 6.10 Å². The largest absolute Gasteiger partial charge is 0.416 e. The Morgan fingerprint density at radius 1 is 1.05 bits per heavy atom. The molecular formula is C14H16F3NO. The second-order valence-corrected chi connectivity index (χ2v) is 4.72. The van der Waals surface area contributed by atoms with Gasteiger partial charge in [0.2, 0.25) is 0 Å². The van der Waals surface area contributed by atoms with Crippen LogP contribution in [-0.4, -0.2) is 12.3 Å². The third-order valence-corrected chi connectivity index (χ3v) is 3.20. The number of benzene rings is 1. The molecule has 1 aromatic carbocycles. The fourth-order valence-electron chi connectivity index (χ4n) is 2.11. The van der Waals surface area contributed by atoms with Crippen LogP contribution in [0.4, 0.5) is 13.2 Å². The van der Waals surface area contributed by atoms with Crippen LogP contribution in [0.15, 0.2) is 29.4 Å². The smallest absolute Gasteiger partial charge is 0.393 e. The van der Waals surface area contributed by atoms with Crippen molar-refractivity contribution in [1.82, 2.24) is 0 Å². The molecule has 0 bridgehead atoms. The van der Waals surface area contributed by atoms with Crippen LogP contribution >= 0.6 is 0 Å². The monoisotopic (exact) mass is 271 g/mol. The minimum absolute atomic E-state index is 0.152. The van der Waals surface area contributed by atoms with E-state index >= 15 is 0 Å². The van der Waals surface area contributed by atoms with Gasteiger partial charge >= 0.3 is 6.18 Å². The highest BCUT2D eigenvalue weighted by atomic mass is 19.4. The van der Waals surface area contributed by atoms with Crippen molar-refractivity contribution < 1.29 is 18.0 Å². The number of hydrogen-bond acceptors (Lipinski definition) is 2. The zero-order valence-electron chi connectivity index (χ0n) is 10.5. The maximum atomic E-state index is 12.4. The van der Waals surface area contributed by atoms with Crippen molar-refractivity contribution in [3.05, 3.63) is 35.4 Å². The highest BCUT2D eigenvalue weighted by Gasteiger charge is 2.29. The van der Waals surface area contributed by atoms with Gasteiger partial charge in [-0.15, -0.1) is 0 Å². The van der Waals surface area contributed by atoms with Gasteiger partial charge in [0.25, 0.3) is 0 Å². The summed E-state index contributed by atoms with van der Waals surface area (Å²) in [5, 5.41) is 3.85. The van der Waals surface area contributed by atoms with Gasteiger partial charge < -0.3 is 4.84 Å². The van der Waals surface area contributed by atoms with Gasteiger partial charge in [-0.05, 0) is 43.4 Å². The third-order valence-electron chi connectivity index (χ3n) is 3.20. The lowest BCUT2D eigenvalue weighted by Crippen LogP contribution is -2.13. The molecule has 0 atom stereocenters. The van der Waals surface area contributed by atoms with Crippen LogP contribution in [0.3, 0.4) is 0 Å². The third kappa shape index (κ3) is 4.26. The van der Waals surface area contributed by atoms with E-state index in [0.29, 0.717) is 5.56 Å². The van der Waals surface area contributed by atoms with E-state index in [1.165, 1.54) is 24.8 Å². The molecule has 0 saturated heterocycles. The Labute approximate surface area is 110 Å². The number of rotatable bonds is 3. The summed E-state index contributed by atoms with van der Waals surface area (Å²) in [4.78, 5) is 5.33. The zero-order chi connectivity index (χ0) is 13.7. The normalized spacial score (nSPS) is 17.8. The van der Waals surface area contributed by atoms with E-state index in [0.717, 1.165) is 37.8 Å². The highest BCUT2D eigenvalue weighted by Crippen LogP contribution is 2.28. The Bertz CT molecular complexity index is 419. The first kappa shape index (κ1) is 13.9. The molecule has 104 valence electrons. The second-order valence-electron chi connectivity index (χ2n) is 4.72. The minimum Gasteiger partial charge on any atom is -0.393 e. The Balaban J connectivity index is 1.88. The molecule has 1 fully saturated rings. The number of hydrogen-bond donors (Lipinski definition) is 0. The molecule has 1 saturated carbocycles. The average Bonchev–Trinajstić information content (AvgIpc) is 2.39. The summed E-state index contributed by atoms with van der Waals surface area (Å²) >= 11 is 0. The molecule has 2 rings (SSSR count). The van der Waals surface area contributed by atoms with Crippen molar-refractivity contribution in [2.75, 3.05) is 0 Å². The summed E-state index contributed by atoms with van der Waals surface area (Å²) in [6.07, 6.45) is 2.86. The molecule has 1 aromatic rings. The molecule has 5 heteroatoms. The van der Waals surface area contributed by atoms with E-state index in [4.69, 9.17) is 4.84 Å². The van der Waals surface area contributed by atoms with Crippen LogP contribution in [0.2, 0.25) is 0 Å². The lowest BCUT2D eigenvalue weighted by molar-refractivity contribution is -0.137. The Morgan fingerprint density at radius 2 is 1.68 bits per heavy atom. The molecule has 0 aromatic heterocycles. The summed E-state index contributed by atoms with van der Waals surface area (Å²) in [5.41, 5.74) is -0.0540. The Kier molecular flexibility index (Phi) is 4.45. The van der Waals surface area contributed by atoms with Crippen LogP contribution in [0, 0.1) is 0 Å². The van der Waals surface area contributed by atoms with E-state index in [9.17, 15) is 13.2 Å². The molecule has 19 heavy (non-hydrogen) atoms. The second kappa shape index (κ2) is 6.08. The molecule has 0 heterocycles. The molecule has 2 nitrogen and oxygen atoms in total. The van der Waals surface area contributed by atoms with Crippen molar-refractivity contribution in [3.63, 3.8) is 0 Å². The maximum absolute atomic E-state index is 12.4. The van der Waals surface area contributed by atoms with E-state index in [1.807, 2.05) is 0 Å². The maximum Gasteiger partial charge on any atom is 0.416 e. The molecule has 0 aliphatic heterocycles. The number of alkyl halides is 3. The molecule has 0 unspecified atom stereocenters. The van der Waals surface area contributed by atoms with Crippen molar-refractivity contribution in [2.45, 2.75) is 44.4 Å². The zero-order valence-corrected chi connectivity index (χ0v) is 10.5. The SMILES string of the molecule is FC(F)(F)c1ccc(C=NOC2CCCCC2)cc1. The fraction of sp³-hybridized carbons (Fsp3) is 0.500. The van der Waals surface area contributed by atoms with Crippen LogP contribution in [0.25, 0.3) is 0 Å².